The number of nitriles is 1. The van der Waals surface area contributed by atoms with Crippen molar-refractivity contribution in [3.8, 4) is 6.07 Å². The number of halogens is 3. The van der Waals surface area contributed by atoms with E-state index in [2.05, 4.69) is 16.7 Å². The lowest BCUT2D eigenvalue weighted by Gasteiger charge is -2.25. The van der Waals surface area contributed by atoms with Crippen LogP contribution in [0.25, 0.3) is 0 Å². The lowest BCUT2D eigenvalue weighted by Crippen LogP contribution is -2.31. The highest BCUT2D eigenvalue weighted by atomic mass is 35.5. The van der Waals surface area contributed by atoms with Gasteiger partial charge in [0, 0.05) is 18.0 Å². The first-order valence-electron chi connectivity index (χ1n) is 8.44. The maximum atomic E-state index is 13.2. The zero-order chi connectivity index (χ0) is 21.0. The Kier molecular flexibility index (Phi) is 6.80. The molecule has 1 heterocycles. The molecule has 0 spiro atoms. The topological polar surface area (TPSA) is 82.0 Å². The van der Waals surface area contributed by atoms with Crippen molar-refractivity contribution in [1.82, 2.24) is 5.32 Å². The minimum Gasteiger partial charge on any atom is -0.325 e. The van der Waals surface area contributed by atoms with Gasteiger partial charge in [-0.05, 0) is 35.9 Å². The number of allylic oxidation sites excluding steroid dienone is 1. The highest BCUT2D eigenvalue weighted by molar-refractivity contribution is 8.03. The van der Waals surface area contributed by atoms with Crippen molar-refractivity contribution in [1.29, 1.82) is 5.26 Å². The highest BCUT2D eigenvalue weighted by Gasteiger charge is 2.29. The van der Waals surface area contributed by atoms with Gasteiger partial charge in [-0.15, -0.1) is 0 Å². The van der Waals surface area contributed by atoms with E-state index in [1.54, 1.807) is 24.3 Å². The maximum Gasteiger partial charge on any atom is 0.234 e. The molecule has 2 amide bonds. The second-order valence-corrected chi connectivity index (χ2v) is 7.98. The number of nitrogens with zero attached hydrogens (tertiary/aromatic N) is 1. The molecule has 1 aliphatic rings. The van der Waals surface area contributed by atoms with Crippen molar-refractivity contribution in [3.05, 3.63) is 74.5 Å². The van der Waals surface area contributed by atoms with E-state index in [0.717, 1.165) is 11.8 Å². The van der Waals surface area contributed by atoms with E-state index in [1.165, 1.54) is 18.2 Å². The van der Waals surface area contributed by atoms with Crippen molar-refractivity contribution in [2.24, 2.45) is 0 Å². The van der Waals surface area contributed by atoms with Crippen molar-refractivity contribution >= 4 is 52.5 Å². The second kappa shape index (κ2) is 9.31. The zero-order valence-electron chi connectivity index (χ0n) is 14.8. The number of carbonyl (C=O) groups is 2. The van der Waals surface area contributed by atoms with Crippen LogP contribution >= 0.6 is 35.0 Å². The Labute approximate surface area is 180 Å². The molecule has 2 aromatic carbocycles. The molecule has 2 aromatic rings. The van der Waals surface area contributed by atoms with Crippen molar-refractivity contribution in [3.63, 3.8) is 0 Å². The molecule has 1 atom stereocenters. The maximum absolute atomic E-state index is 13.2. The molecule has 29 heavy (non-hydrogen) atoms. The molecule has 0 unspecified atom stereocenters. The predicted molar refractivity (Wildman–Crippen MR) is 112 cm³/mol. The summed E-state index contributed by atoms with van der Waals surface area (Å²) in [5.74, 6) is -1.53. The molecular weight excluding hydrogens is 436 g/mol. The van der Waals surface area contributed by atoms with Gasteiger partial charge in [0.15, 0.2) is 0 Å². The van der Waals surface area contributed by atoms with Gasteiger partial charge in [0.05, 0.1) is 32.5 Å². The Bertz CT molecular complexity index is 1040. The van der Waals surface area contributed by atoms with E-state index in [9.17, 15) is 19.2 Å². The minimum absolute atomic E-state index is 0.0306. The van der Waals surface area contributed by atoms with E-state index in [0.29, 0.717) is 31.9 Å². The highest BCUT2D eigenvalue weighted by Crippen LogP contribution is 2.36. The number of amides is 2. The Morgan fingerprint density at radius 1 is 1.24 bits per heavy atom. The van der Waals surface area contributed by atoms with Crippen LogP contribution in [0.1, 0.15) is 17.9 Å². The van der Waals surface area contributed by atoms with Gasteiger partial charge >= 0.3 is 0 Å². The third kappa shape index (κ3) is 5.30. The molecule has 0 saturated heterocycles. The normalized spacial score (nSPS) is 16.2. The third-order valence-corrected chi connectivity index (χ3v) is 5.94. The summed E-state index contributed by atoms with van der Waals surface area (Å²) in [4.78, 5) is 24.4. The van der Waals surface area contributed by atoms with Crippen LogP contribution in [0.15, 0.2) is 53.1 Å². The van der Waals surface area contributed by atoms with Crippen LogP contribution < -0.4 is 10.6 Å². The largest absolute Gasteiger partial charge is 0.325 e. The Balaban J connectivity index is 1.74. The molecule has 9 heteroatoms. The summed E-state index contributed by atoms with van der Waals surface area (Å²) in [6.45, 7) is 0. The summed E-state index contributed by atoms with van der Waals surface area (Å²) in [6, 6.07) is 12.5. The number of hydrogen-bond donors (Lipinski definition) is 2. The molecule has 0 aromatic heterocycles. The molecule has 0 saturated carbocycles. The number of hydrogen-bond acceptors (Lipinski definition) is 4. The lowest BCUT2D eigenvalue weighted by molar-refractivity contribution is -0.121. The first kappa shape index (κ1) is 21.2. The summed E-state index contributed by atoms with van der Waals surface area (Å²) in [5, 5.41) is 16.0. The van der Waals surface area contributed by atoms with Gasteiger partial charge in [-0.25, -0.2) is 4.39 Å². The molecule has 0 fully saturated rings. The van der Waals surface area contributed by atoms with Gasteiger partial charge in [-0.2, -0.15) is 5.26 Å². The Morgan fingerprint density at radius 2 is 1.97 bits per heavy atom. The van der Waals surface area contributed by atoms with Crippen LogP contribution in [-0.4, -0.2) is 17.6 Å². The summed E-state index contributed by atoms with van der Waals surface area (Å²) in [6.07, 6.45) is 0.0774. The van der Waals surface area contributed by atoms with Crippen LogP contribution in [0.4, 0.5) is 10.1 Å². The lowest BCUT2D eigenvalue weighted by atomic mass is 9.87. The number of thioether (sulfide) groups is 1. The number of rotatable bonds is 5. The van der Waals surface area contributed by atoms with Gasteiger partial charge in [0.25, 0.3) is 0 Å². The van der Waals surface area contributed by atoms with E-state index in [-0.39, 0.29) is 24.0 Å². The second-order valence-electron chi connectivity index (χ2n) is 6.18. The van der Waals surface area contributed by atoms with E-state index >= 15 is 0 Å². The fraction of sp³-hybridized carbons (Fsp3) is 0.150. The molecule has 0 radical (unpaired) electrons. The summed E-state index contributed by atoms with van der Waals surface area (Å²) < 4.78 is 13.2. The van der Waals surface area contributed by atoms with Crippen LogP contribution in [0.2, 0.25) is 10.0 Å². The van der Waals surface area contributed by atoms with E-state index in [4.69, 9.17) is 23.2 Å². The van der Waals surface area contributed by atoms with Crippen molar-refractivity contribution < 1.29 is 14.0 Å². The quantitative estimate of drug-likeness (QED) is 0.683. The van der Waals surface area contributed by atoms with Crippen LogP contribution in [0, 0.1) is 17.1 Å². The van der Waals surface area contributed by atoms with Crippen LogP contribution in [0.3, 0.4) is 0 Å². The monoisotopic (exact) mass is 449 g/mol. The fourth-order valence-electron chi connectivity index (χ4n) is 2.82. The summed E-state index contributed by atoms with van der Waals surface area (Å²) >= 11 is 12.8. The van der Waals surface area contributed by atoms with Gasteiger partial charge in [-0.1, -0.05) is 47.1 Å². The Morgan fingerprint density at radius 3 is 2.62 bits per heavy atom. The molecule has 3 rings (SSSR count). The SMILES string of the molecule is N#CC1=C(SCC(=O)Nc2ccc(Cl)c(Cl)c2)NC(=O)C[C@@H]1c1ccc(F)cc1. The zero-order valence-corrected chi connectivity index (χ0v) is 17.2. The van der Waals surface area contributed by atoms with E-state index in [1.807, 2.05) is 0 Å². The number of anilines is 1. The molecule has 148 valence electrons. The Hall–Kier alpha value is -2.53. The number of carbonyl (C=O) groups excluding carboxylic acids is 2. The van der Waals surface area contributed by atoms with Crippen LogP contribution in [0.5, 0.6) is 0 Å². The minimum atomic E-state index is -0.491. The number of nitrogens with one attached hydrogen (secondary N) is 2. The summed E-state index contributed by atoms with van der Waals surface area (Å²) in [7, 11) is 0. The molecule has 0 aliphatic carbocycles. The van der Waals surface area contributed by atoms with Gasteiger partial charge < -0.3 is 10.6 Å². The average molecular weight is 450 g/mol. The average Bonchev–Trinajstić information content (AvgIpc) is 2.69. The third-order valence-electron chi connectivity index (χ3n) is 4.18. The van der Waals surface area contributed by atoms with E-state index < -0.39 is 11.7 Å². The fourth-order valence-corrected chi connectivity index (χ4v) is 4.00. The summed E-state index contributed by atoms with van der Waals surface area (Å²) in [5.41, 5.74) is 1.48. The number of benzene rings is 2. The molecule has 0 bridgehead atoms. The van der Waals surface area contributed by atoms with Gasteiger partial charge in [0.1, 0.15) is 5.82 Å². The predicted octanol–water partition coefficient (Wildman–Crippen LogP) is 4.84. The molecule has 5 nitrogen and oxygen atoms in total. The smallest absolute Gasteiger partial charge is 0.234 e. The molecular formula is C20H14Cl2FN3O2S. The van der Waals surface area contributed by atoms with Gasteiger partial charge in [0.2, 0.25) is 11.8 Å². The van der Waals surface area contributed by atoms with Gasteiger partial charge in [-0.3, -0.25) is 9.59 Å². The first-order chi connectivity index (χ1) is 13.9. The van der Waals surface area contributed by atoms with Crippen molar-refractivity contribution in [2.75, 3.05) is 11.1 Å². The first-order valence-corrected chi connectivity index (χ1v) is 10.2. The van der Waals surface area contributed by atoms with Crippen LogP contribution in [-0.2, 0) is 9.59 Å². The van der Waals surface area contributed by atoms with Crippen molar-refractivity contribution in [2.45, 2.75) is 12.3 Å². The molecule has 2 N–H and O–H groups in total. The standard InChI is InChI=1S/C20H14Cl2FN3O2S/c21-16-6-5-13(7-17(16)22)25-19(28)10-29-20-15(9-24)14(8-18(27)26-20)11-1-3-12(23)4-2-11/h1-7,14H,8,10H2,(H,25,28)(H,26,27)/t14-/m1/s1. The molecule has 1 aliphatic heterocycles.